The molecule has 1 amide bonds. The predicted molar refractivity (Wildman–Crippen MR) is 101 cm³/mol. The largest absolute Gasteiger partial charge is 0.364 e. The average Bonchev–Trinajstić information content (AvgIpc) is 3.13. The Morgan fingerprint density at radius 1 is 1.23 bits per heavy atom. The maximum atomic E-state index is 12.5. The van der Waals surface area contributed by atoms with E-state index in [0.29, 0.717) is 12.5 Å². The van der Waals surface area contributed by atoms with Crippen LogP contribution in [0.15, 0.2) is 24.4 Å². The minimum absolute atomic E-state index is 0.0551. The van der Waals surface area contributed by atoms with Crippen LogP contribution in [0.5, 0.6) is 0 Å². The summed E-state index contributed by atoms with van der Waals surface area (Å²) in [6.45, 7) is 2.83. The van der Waals surface area contributed by atoms with Crippen LogP contribution in [0.4, 0.5) is 0 Å². The lowest BCUT2D eigenvalue weighted by Gasteiger charge is -2.40. The normalized spacial score (nSPS) is 30.1. The van der Waals surface area contributed by atoms with Gasteiger partial charge in [0.1, 0.15) is 6.10 Å². The van der Waals surface area contributed by atoms with Gasteiger partial charge in [-0.3, -0.25) is 14.7 Å². The van der Waals surface area contributed by atoms with Crippen molar-refractivity contribution in [1.82, 2.24) is 15.2 Å². The number of pyridine rings is 1. The number of amides is 1. The number of aromatic nitrogens is 1. The highest BCUT2D eigenvalue weighted by Gasteiger charge is 2.42. The molecule has 3 atom stereocenters. The molecule has 5 heteroatoms. The van der Waals surface area contributed by atoms with Crippen molar-refractivity contribution in [3.8, 4) is 0 Å². The van der Waals surface area contributed by atoms with E-state index in [1.165, 1.54) is 45.1 Å². The Balaban J connectivity index is 1.23. The zero-order valence-electron chi connectivity index (χ0n) is 15.6. The second-order valence-corrected chi connectivity index (χ2v) is 8.10. The molecule has 2 aliphatic heterocycles. The summed E-state index contributed by atoms with van der Waals surface area (Å²) in [5.74, 6) is 0.612. The molecule has 5 nitrogen and oxygen atoms in total. The summed E-state index contributed by atoms with van der Waals surface area (Å²) < 4.78 is 6.18. The Bertz CT molecular complexity index is 588. The SMILES string of the molecule is O=C(NCCc1ccccn1)[C@@H]1C[C@H]2CCN(C3CCCCC3)C[C@@H]2O1. The molecule has 3 heterocycles. The van der Waals surface area contributed by atoms with Crippen LogP contribution in [-0.2, 0) is 16.0 Å². The summed E-state index contributed by atoms with van der Waals surface area (Å²) in [7, 11) is 0. The van der Waals surface area contributed by atoms with Gasteiger partial charge >= 0.3 is 0 Å². The molecule has 3 fully saturated rings. The van der Waals surface area contributed by atoms with Gasteiger partial charge in [-0.25, -0.2) is 0 Å². The molecular weight excluding hydrogens is 326 g/mol. The van der Waals surface area contributed by atoms with Gasteiger partial charge in [0.05, 0.1) is 6.10 Å². The molecule has 1 aromatic rings. The molecule has 0 spiro atoms. The predicted octanol–water partition coefficient (Wildman–Crippen LogP) is 2.55. The van der Waals surface area contributed by atoms with E-state index in [4.69, 9.17) is 4.74 Å². The Hall–Kier alpha value is -1.46. The number of hydrogen-bond donors (Lipinski definition) is 1. The van der Waals surface area contributed by atoms with E-state index in [-0.39, 0.29) is 18.1 Å². The smallest absolute Gasteiger partial charge is 0.249 e. The third-order valence-corrected chi connectivity index (χ3v) is 6.37. The van der Waals surface area contributed by atoms with Gasteiger partial charge in [0.2, 0.25) is 5.91 Å². The van der Waals surface area contributed by atoms with Crippen molar-refractivity contribution in [3.63, 3.8) is 0 Å². The molecule has 0 unspecified atom stereocenters. The van der Waals surface area contributed by atoms with Crippen molar-refractivity contribution >= 4 is 5.91 Å². The number of carbonyl (C=O) groups excluding carboxylic acids is 1. The van der Waals surface area contributed by atoms with Crippen LogP contribution in [0.3, 0.4) is 0 Å². The number of carbonyl (C=O) groups is 1. The number of ether oxygens (including phenoxy) is 1. The molecule has 142 valence electrons. The maximum absolute atomic E-state index is 12.5. The Kier molecular flexibility index (Phi) is 5.85. The number of hydrogen-bond acceptors (Lipinski definition) is 4. The van der Waals surface area contributed by atoms with Gasteiger partial charge in [-0.1, -0.05) is 25.3 Å². The number of nitrogens with zero attached hydrogens (tertiary/aromatic N) is 2. The third-order valence-electron chi connectivity index (χ3n) is 6.37. The number of likely N-dealkylation sites (tertiary alicyclic amines) is 1. The molecule has 0 aromatic carbocycles. The first kappa shape index (κ1) is 17.9. The monoisotopic (exact) mass is 357 g/mol. The minimum atomic E-state index is -0.264. The second-order valence-electron chi connectivity index (χ2n) is 8.10. The highest BCUT2D eigenvalue weighted by atomic mass is 16.5. The van der Waals surface area contributed by atoms with Gasteiger partial charge in [0.15, 0.2) is 0 Å². The molecule has 1 saturated carbocycles. The van der Waals surface area contributed by atoms with Crippen molar-refractivity contribution in [1.29, 1.82) is 0 Å². The zero-order chi connectivity index (χ0) is 17.8. The first-order chi connectivity index (χ1) is 12.8. The van der Waals surface area contributed by atoms with E-state index in [2.05, 4.69) is 15.2 Å². The Labute approximate surface area is 156 Å². The fraction of sp³-hybridized carbons (Fsp3) is 0.714. The van der Waals surface area contributed by atoms with Crippen LogP contribution in [-0.4, -0.2) is 53.7 Å². The van der Waals surface area contributed by atoms with Gasteiger partial charge in [-0.05, 0) is 50.3 Å². The van der Waals surface area contributed by atoms with E-state index < -0.39 is 0 Å². The van der Waals surface area contributed by atoms with Crippen LogP contribution >= 0.6 is 0 Å². The van der Waals surface area contributed by atoms with Crippen molar-refractivity contribution in [2.75, 3.05) is 19.6 Å². The molecule has 1 N–H and O–H groups in total. The second kappa shape index (κ2) is 8.49. The number of rotatable bonds is 5. The zero-order valence-corrected chi connectivity index (χ0v) is 15.6. The molecule has 0 bridgehead atoms. The highest BCUT2D eigenvalue weighted by molar-refractivity contribution is 5.81. The van der Waals surface area contributed by atoms with Crippen molar-refractivity contribution in [2.24, 2.45) is 5.92 Å². The van der Waals surface area contributed by atoms with E-state index >= 15 is 0 Å². The van der Waals surface area contributed by atoms with Crippen LogP contribution in [0.1, 0.15) is 50.6 Å². The van der Waals surface area contributed by atoms with E-state index in [1.807, 2.05) is 18.2 Å². The molecule has 4 rings (SSSR count). The molecule has 1 aliphatic carbocycles. The lowest BCUT2D eigenvalue weighted by Crippen LogP contribution is -2.48. The average molecular weight is 357 g/mol. The number of fused-ring (bicyclic) bond motifs is 1. The Morgan fingerprint density at radius 3 is 2.92 bits per heavy atom. The maximum Gasteiger partial charge on any atom is 0.249 e. The van der Waals surface area contributed by atoms with Crippen molar-refractivity contribution in [3.05, 3.63) is 30.1 Å². The van der Waals surface area contributed by atoms with E-state index in [1.54, 1.807) is 6.20 Å². The molecule has 0 radical (unpaired) electrons. The molecular formula is C21H31N3O2. The summed E-state index contributed by atoms with van der Waals surface area (Å²) >= 11 is 0. The topological polar surface area (TPSA) is 54.5 Å². The van der Waals surface area contributed by atoms with Gasteiger partial charge in [-0.2, -0.15) is 0 Å². The van der Waals surface area contributed by atoms with Gasteiger partial charge < -0.3 is 10.1 Å². The van der Waals surface area contributed by atoms with Crippen molar-refractivity contribution < 1.29 is 9.53 Å². The highest BCUT2D eigenvalue weighted by Crippen LogP contribution is 2.35. The summed E-state index contributed by atoms with van der Waals surface area (Å²) in [6, 6.07) is 6.63. The fourth-order valence-corrected chi connectivity index (χ4v) is 4.87. The molecule has 3 aliphatic rings. The van der Waals surface area contributed by atoms with Crippen LogP contribution in [0, 0.1) is 5.92 Å². The summed E-state index contributed by atoms with van der Waals surface area (Å²) in [4.78, 5) is 19.4. The first-order valence-corrected chi connectivity index (χ1v) is 10.4. The fourth-order valence-electron chi connectivity index (χ4n) is 4.87. The lowest BCUT2D eigenvalue weighted by molar-refractivity contribution is -0.133. The first-order valence-electron chi connectivity index (χ1n) is 10.4. The minimum Gasteiger partial charge on any atom is -0.364 e. The number of nitrogens with one attached hydrogen (secondary N) is 1. The standard InChI is InChI=1S/C21H31N3O2/c25-21(23-12-9-17-6-4-5-11-22-17)19-14-16-10-13-24(15-20(16)26-19)18-7-2-1-3-8-18/h4-6,11,16,18-20H,1-3,7-10,12-15H2,(H,23,25)/t16-,19+,20+/m1/s1. The van der Waals surface area contributed by atoms with Crippen molar-refractivity contribution in [2.45, 2.75) is 69.6 Å². The van der Waals surface area contributed by atoms with E-state index in [9.17, 15) is 4.79 Å². The Morgan fingerprint density at radius 2 is 2.12 bits per heavy atom. The number of piperidine rings is 1. The summed E-state index contributed by atoms with van der Waals surface area (Å²) in [5.41, 5.74) is 1.01. The molecule has 2 saturated heterocycles. The van der Waals surface area contributed by atoms with E-state index in [0.717, 1.165) is 31.1 Å². The quantitative estimate of drug-likeness (QED) is 0.880. The van der Waals surface area contributed by atoms with Gasteiger partial charge in [0.25, 0.3) is 0 Å². The van der Waals surface area contributed by atoms with Gasteiger partial charge in [-0.15, -0.1) is 0 Å². The third kappa shape index (κ3) is 4.26. The molecule has 1 aromatic heterocycles. The van der Waals surface area contributed by atoms with Crippen LogP contribution in [0.2, 0.25) is 0 Å². The molecule has 26 heavy (non-hydrogen) atoms. The van der Waals surface area contributed by atoms with Gasteiger partial charge in [0, 0.05) is 37.4 Å². The summed E-state index contributed by atoms with van der Waals surface area (Å²) in [6.07, 6.45) is 11.4. The summed E-state index contributed by atoms with van der Waals surface area (Å²) in [5, 5.41) is 3.04. The lowest BCUT2D eigenvalue weighted by atomic mass is 9.88. The van der Waals surface area contributed by atoms with Crippen LogP contribution < -0.4 is 5.32 Å². The van der Waals surface area contributed by atoms with Crippen LogP contribution in [0.25, 0.3) is 0 Å².